The lowest BCUT2D eigenvalue weighted by atomic mass is 10.0. The van der Waals surface area contributed by atoms with Crippen LogP contribution in [0.25, 0.3) is 0 Å². The van der Waals surface area contributed by atoms with Gasteiger partial charge in [-0.1, -0.05) is 26.0 Å². The van der Waals surface area contributed by atoms with Crippen LogP contribution < -0.4 is 10.2 Å². The summed E-state index contributed by atoms with van der Waals surface area (Å²) in [5.74, 6) is -0.485. The zero-order valence-electron chi connectivity index (χ0n) is 17.2. The van der Waals surface area contributed by atoms with E-state index in [1.54, 1.807) is 19.1 Å². The lowest BCUT2D eigenvalue weighted by Crippen LogP contribution is -2.36. The molecule has 0 radical (unpaired) electrons. The van der Waals surface area contributed by atoms with Crippen molar-refractivity contribution in [3.8, 4) is 0 Å². The molecule has 0 saturated carbocycles. The van der Waals surface area contributed by atoms with E-state index in [1.165, 1.54) is 0 Å². The van der Waals surface area contributed by atoms with Gasteiger partial charge in [-0.05, 0) is 54.8 Å². The lowest BCUT2D eigenvalue weighted by Gasteiger charge is -2.28. The van der Waals surface area contributed by atoms with Gasteiger partial charge in [-0.15, -0.1) is 0 Å². The van der Waals surface area contributed by atoms with E-state index < -0.39 is 12.1 Å². The van der Waals surface area contributed by atoms with Crippen molar-refractivity contribution in [2.45, 2.75) is 32.8 Å². The number of hydrogen-bond acceptors (Lipinski definition) is 5. The first-order valence-corrected chi connectivity index (χ1v) is 9.98. The number of esters is 1. The Morgan fingerprint density at radius 2 is 1.59 bits per heavy atom. The number of carbonyl (C=O) groups excluding carboxylic acids is 2. The molecule has 3 rings (SSSR count). The number of ether oxygens (including phenoxy) is 2. The van der Waals surface area contributed by atoms with Crippen LogP contribution >= 0.6 is 0 Å². The molecule has 6 heteroatoms. The predicted molar refractivity (Wildman–Crippen MR) is 114 cm³/mol. The monoisotopic (exact) mass is 396 g/mol. The molecule has 154 valence electrons. The Hall–Kier alpha value is -2.86. The first-order chi connectivity index (χ1) is 13.9. The van der Waals surface area contributed by atoms with E-state index in [0.717, 1.165) is 37.6 Å². The molecule has 1 heterocycles. The summed E-state index contributed by atoms with van der Waals surface area (Å²) in [5, 5.41) is 2.79. The topological polar surface area (TPSA) is 67.9 Å². The van der Waals surface area contributed by atoms with Crippen molar-refractivity contribution >= 4 is 23.3 Å². The first kappa shape index (κ1) is 20.9. The van der Waals surface area contributed by atoms with Gasteiger partial charge >= 0.3 is 5.97 Å². The molecule has 1 unspecified atom stereocenters. The predicted octanol–water partition coefficient (Wildman–Crippen LogP) is 3.83. The molecule has 2 aromatic rings. The molecule has 0 spiro atoms. The number of rotatable bonds is 6. The van der Waals surface area contributed by atoms with Gasteiger partial charge in [0, 0.05) is 24.5 Å². The number of amides is 1. The Labute approximate surface area is 171 Å². The molecule has 1 fully saturated rings. The van der Waals surface area contributed by atoms with Crippen molar-refractivity contribution in [1.82, 2.24) is 0 Å². The molecule has 2 aromatic carbocycles. The van der Waals surface area contributed by atoms with Crippen LogP contribution in [0.3, 0.4) is 0 Å². The van der Waals surface area contributed by atoms with Crippen LogP contribution in [0.1, 0.15) is 42.6 Å². The van der Waals surface area contributed by atoms with E-state index in [9.17, 15) is 9.59 Å². The van der Waals surface area contributed by atoms with Crippen LogP contribution in [0.15, 0.2) is 48.5 Å². The van der Waals surface area contributed by atoms with Gasteiger partial charge in [-0.25, -0.2) is 4.79 Å². The van der Waals surface area contributed by atoms with E-state index in [0.29, 0.717) is 17.2 Å². The summed E-state index contributed by atoms with van der Waals surface area (Å²) in [4.78, 5) is 26.9. The summed E-state index contributed by atoms with van der Waals surface area (Å²) in [7, 11) is 0. The maximum absolute atomic E-state index is 12.4. The molecule has 1 aliphatic rings. The molecule has 1 atom stereocenters. The molecule has 0 bridgehead atoms. The Morgan fingerprint density at radius 3 is 2.17 bits per heavy atom. The Kier molecular flexibility index (Phi) is 6.88. The van der Waals surface area contributed by atoms with Gasteiger partial charge in [0.1, 0.15) is 0 Å². The molecule has 0 aliphatic carbocycles. The molecule has 0 aromatic heterocycles. The second kappa shape index (κ2) is 9.56. The van der Waals surface area contributed by atoms with Gasteiger partial charge in [-0.2, -0.15) is 0 Å². The molecule has 1 amide bonds. The highest BCUT2D eigenvalue weighted by molar-refractivity contribution is 5.97. The first-order valence-electron chi connectivity index (χ1n) is 9.98. The Bertz CT molecular complexity index is 825. The standard InChI is InChI=1S/C23H28N2O4/c1-16(2)18-4-6-19(7-5-18)23(27)29-17(3)22(26)24-20-8-10-21(11-9-20)25-12-14-28-15-13-25/h4-11,16-17H,12-15H2,1-3H3,(H,24,26). The number of anilines is 2. The van der Waals surface area contributed by atoms with Crippen molar-refractivity contribution in [3.05, 3.63) is 59.7 Å². The van der Waals surface area contributed by atoms with Crippen molar-refractivity contribution in [1.29, 1.82) is 0 Å². The molecular weight excluding hydrogens is 368 g/mol. The van der Waals surface area contributed by atoms with Crippen molar-refractivity contribution in [2.75, 3.05) is 36.5 Å². The van der Waals surface area contributed by atoms with Gasteiger partial charge in [0.2, 0.25) is 0 Å². The number of benzene rings is 2. The highest BCUT2D eigenvalue weighted by Gasteiger charge is 2.19. The number of morpholine rings is 1. The van der Waals surface area contributed by atoms with Gasteiger partial charge < -0.3 is 19.7 Å². The number of carbonyl (C=O) groups is 2. The normalized spacial score (nSPS) is 15.1. The van der Waals surface area contributed by atoms with Crippen LogP contribution in [0, 0.1) is 0 Å². The highest BCUT2D eigenvalue weighted by Crippen LogP contribution is 2.20. The molecular formula is C23H28N2O4. The van der Waals surface area contributed by atoms with Crippen LogP contribution in [0.5, 0.6) is 0 Å². The van der Waals surface area contributed by atoms with Gasteiger partial charge in [0.15, 0.2) is 6.10 Å². The SMILES string of the molecule is CC(OC(=O)c1ccc(C(C)C)cc1)C(=O)Nc1ccc(N2CCOCC2)cc1. The second-order valence-electron chi connectivity index (χ2n) is 7.46. The average Bonchev–Trinajstić information content (AvgIpc) is 2.74. The van der Waals surface area contributed by atoms with E-state index in [1.807, 2.05) is 36.4 Å². The van der Waals surface area contributed by atoms with E-state index in [-0.39, 0.29) is 5.91 Å². The largest absolute Gasteiger partial charge is 0.449 e. The minimum absolute atomic E-state index is 0.365. The summed E-state index contributed by atoms with van der Waals surface area (Å²) >= 11 is 0. The zero-order chi connectivity index (χ0) is 20.8. The van der Waals surface area contributed by atoms with Crippen LogP contribution in [0.2, 0.25) is 0 Å². The van der Waals surface area contributed by atoms with E-state index >= 15 is 0 Å². The quantitative estimate of drug-likeness (QED) is 0.752. The van der Waals surface area contributed by atoms with Crippen molar-refractivity contribution in [2.24, 2.45) is 0 Å². The Balaban J connectivity index is 1.53. The second-order valence-corrected chi connectivity index (χ2v) is 7.46. The van der Waals surface area contributed by atoms with Crippen LogP contribution in [-0.4, -0.2) is 44.3 Å². The highest BCUT2D eigenvalue weighted by atomic mass is 16.5. The zero-order valence-corrected chi connectivity index (χ0v) is 17.2. The maximum Gasteiger partial charge on any atom is 0.338 e. The smallest absolute Gasteiger partial charge is 0.338 e. The average molecular weight is 396 g/mol. The van der Waals surface area contributed by atoms with Crippen molar-refractivity contribution < 1.29 is 19.1 Å². The number of nitrogens with one attached hydrogen (secondary N) is 1. The van der Waals surface area contributed by atoms with Crippen molar-refractivity contribution in [3.63, 3.8) is 0 Å². The lowest BCUT2D eigenvalue weighted by molar-refractivity contribution is -0.123. The summed E-state index contributed by atoms with van der Waals surface area (Å²) in [5.41, 5.74) is 3.34. The fourth-order valence-corrected chi connectivity index (χ4v) is 3.11. The van der Waals surface area contributed by atoms with Crippen LogP contribution in [0.4, 0.5) is 11.4 Å². The molecule has 29 heavy (non-hydrogen) atoms. The fraction of sp³-hybridized carbons (Fsp3) is 0.391. The molecule has 6 nitrogen and oxygen atoms in total. The van der Waals surface area contributed by atoms with Gasteiger partial charge in [0.05, 0.1) is 18.8 Å². The Morgan fingerprint density at radius 1 is 0.966 bits per heavy atom. The maximum atomic E-state index is 12.4. The summed E-state index contributed by atoms with van der Waals surface area (Å²) < 4.78 is 10.7. The third-order valence-corrected chi connectivity index (χ3v) is 4.98. The van der Waals surface area contributed by atoms with E-state index in [4.69, 9.17) is 9.47 Å². The fourth-order valence-electron chi connectivity index (χ4n) is 3.11. The summed E-state index contributed by atoms with van der Waals surface area (Å²) in [6.45, 7) is 8.91. The van der Waals surface area contributed by atoms with E-state index in [2.05, 4.69) is 24.1 Å². The number of hydrogen-bond donors (Lipinski definition) is 1. The molecule has 1 saturated heterocycles. The van der Waals surface area contributed by atoms with Gasteiger partial charge in [0.25, 0.3) is 5.91 Å². The van der Waals surface area contributed by atoms with Crippen LogP contribution in [-0.2, 0) is 14.3 Å². The molecule has 1 N–H and O–H groups in total. The third-order valence-electron chi connectivity index (χ3n) is 4.98. The van der Waals surface area contributed by atoms with Gasteiger partial charge in [-0.3, -0.25) is 4.79 Å². The third kappa shape index (κ3) is 5.57. The summed E-state index contributed by atoms with van der Waals surface area (Å²) in [6, 6.07) is 14.9. The summed E-state index contributed by atoms with van der Waals surface area (Å²) in [6.07, 6.45) is -0.897. The molecule has 1 aliphatic heterocycles. The minimum Gasteiger partial charge on any atom is -0.449 e. The number of nitrogens with zero attached hydrogens (tertiary/aromatic N) is 1. The minimum atomic E-state index is -0.897.